The molecule has 0 heterocycles. The Balaban J connectivity index is 2.87. The molecular weight excluding hydrogens is 250 g/mol. The van der Waals surface area contributed by atoms with Gasteiger partial charge < -0.3 is 5.32 Å². The van der Waals surface area contributed by atoms with Gasteiger partial charge in [-0.05, 0) is 38.6 Å². The van der Waals surface area contributed by atoms with Crippen LogP contribution in [-0.4, -0.2) is 32.9 Å². The first-order valence-corrected chi connectivity index (χ1v) is 7.30. The molecule has 18 heavy (non-hydrogen) atoms. The molecule has 0 aliphatic heterocycles. The fourth-order valence-corrected chi connectivity index (χ4v) is 2.57. The van der Waals surface area contributed by atoms with Crippen LogP contribution in [0.4, 0.5) is 5.69 Å². The summed E-state index contributed by atoms with van der Waals surface area (Å²) in [5.41, 5.74) is 1.61. The van der Waals surface area contributed by atoms with Crippen LogP contribution in [0.1, 0.15) is 19.4 Å². The van der Waals surface area contributed by atoms with Gasteiger partial charge in [0.05, 0.1) is 5.69 Å². The molecule has 0 atom stereocenters. The highest BCUT2D eigenvalue weighted by Gasteiger charge is 2.20. The molecule has 0 aromatic heterocycles. The van der Waals surface area contributed by atoms with Gasteiger partial charge >= 0.3 is 10.2 Å². The standard InChI is InChI=1S/C12H21N3O2S/c1-10(2)15(4)18(16,17)14-12-7-5-6-11(8-12)9-13-3/h5-8,10,13-14H,9H2,1-4H3. The fraction of sp³-hybridized carbons (Fsp3) is 0.500. The van der Waals surface area contributed by atoms with Crippen molar-refractivity contribution in [1.82, 2.24) is 9.62 Å². The van der Waals surface area contributed by atoms with Crippen LogP contribution in [0, 0.1) is 0 Å². The average Bonchev–Trinajstić information content (AvgIpc) is 2.28. The lowest BCUT2D eigenvalue weighted by Gasteiger charge is -2.21. The molecule has 0 fully saturated rings. The van der Waals surface area contributed by atoms with Crippen molar-refractivity contribution in [3.63, 3.8) is 0 Å². The molecule has 1 aromatic rings. The van der Waals surface area contributed by atoms with Crippen LogP contribution in [0.3, 0.4) is 0 Å². The van der Waals surface area contributed by atoms with Crippen molar-refractivity contribution in [2.24, 2.45) is 0 Å². The maximum absolute atomic E-state index is 12.0. The summed E-state index contributed by atoms with van der Waals surface area (Å²) >= 11 is 0. The summed E-state index contributed by atoms with van der Waals surface area (Å²) in [5.74, 6) is 0. The van der Waals surface area contributed by atoms with Crippen LogP contribution < -0.4 is 10.0 Å². The first-order chi connectivity index (χ1) is 8.36. The van der Waals surface area contributed by atoms with Gasteiger partial charge in [0, 0.05) is 19.6 Å². The summed E-state index contributed by atoms with van der Waals surface area (Å²) in [7, 11) is -0.0708. The highest BCUT2D eigenvalue weighted by molar-refractivity contribution is 7.90. The van der Waals surface area contributed by atoms with Gasteiger partial charge in [0.15, 0.2) is 0 Å². The van der Waals surface area contributed by atoms with Crippen LogP contribution in [0.15, 0.2) is 24.3 Å². The van der Waals surface area contributed by atoms with Gasteiger partial charge in [-0.25, -0.2) is 0 Å². The molecule has 1 rings (SSSR count). The van der Waals surface area contributed by atoms with Crippen molar-refractivity contribution >= 4 is 15.9 Å². The van der Waals surface area contributed by atoms with Crippen molar-refractivity contribution in [2.75, 3.05) is 18.8 Å². The van der Waals surface area contributed by atoms with Gasteiger partial charge in [0.1, 0.15) is 0 Å². The average molecular weight is 271 g/mol. The molecule has 0 unspecified atom stereocenters. The van der Waals surface area contributed by atoms with E-state index < -0.39 is 10.2 Å². The molecule has 0 amide bonds. The summed E-state index contributed by atoms with van der Waals surface area (Å²) in [5, 5.41) is 3.03. The molecule has 5 nitrogen and oxygen atoms in total. The number of nitrogens with zero attached hydrogens (tertiary/aromatic N) is 1. The monoisotopic (exact) mass is 271 g/mol. The second-order valence-corrected chi connectivity index (χ2v) is 6.18. The maximum atomic E-state index is 12.0. The topological polar surface area (TPSA) is 61.4 Å². The molecule has 2 N–H and O–H groups in total. The van der Waals surface area contributed by atoms with E-state index in [-0.39, 0.29) is 6.04 Å². The summed E-state index contributed by atoms with van der Waals surface area (Å²) < 4.78 is 27.9. The van der Waals surface area contributed by atoms with Crippen molar-refractivity contribution in [3.05, 3.63) is 29.8 Å². The Labute approximate surface area is 109 Å². The number of rotatable bonds is 6. The number of anilines is 1. The highest BCUT2D eigenvalue weighted by atomic mass is 32.2. The first-order valence-electron chi connectivity index (χ1n) is 5.86. The summed E-state index contributed by atoms with van der Waals surface area (Å²) in [4.78, 5) is 0. The molecule has 0 aliphatic rings. The predicted octanol–water partition coefficient (Wildman–Crippen LogP) is 1.40. The smallest absolute Gasteiger partial charge is 0.301 e. The molecule has 0 aliphatic carbocycles. The minimum Gasteiger partial charge on any atom is -0.316 e. The quantitative estimate of drug-likeness (QED) is 0.822. The maximum Gasteiger partial charge on any atom is 0.301 e. The third kappa shape index (κ3) is 3.97. The molecule has 0 saturated heterocycles. The Hall–Kier alpha value is -1.11. The van der Waals surface area contributed by atoms with Crippen LogP contribution in [0.5, 0.6) is 0 Å². The van der Waals surface area contributed by atoms with Crippen molar-refractivity contribution in [2.45, 2.75) is 26.4 Å². The van der Waals surface area contributed by atoms with Gasteiger partial charge in [0.2, 0.25) is 0 Å². The third-order valence-corrected chi connectivity index (χ3v) is 4.33. The highest BCUT2D eigenvalue weighted by Crippen LogP contribution is 2.14. The Morgan fingerprint density at radius 1 is 1.33 bits per heavy atom. The third-order valence-electron chi connectivity index (χ3n) is 2.66. The van der Waals surface area contributed by atoms with Crippen LogP contribution in [0.25, 0.3) is 0 Å². The number of benzene rings is 1. The zero-order chi connectivity index (χ0) is 13.8. The SMILES string of the molecule is CNCc1cccc(NS(=O)(=O)N(C)C(C)C)c1. The van der Waals surface area contributed by atoms with E-state index in [1.165, 1.54) is 4.31 Å². The largest absolute Gasteiger partial charge is 0.316 e. The van der Waals surface area contributed by atoms with E-state index in [1.807, 2.05) is 39.1 Å². The minimum absolute atomic E-state index is 0.0806. The zero-order valence-electron chi connectivity index (χ0n) is 11.3. The summed E-state index contributed by atoms with van der Waals surface area (Å²) in [6.45, 7) is 4.36. The van der Waals surface area contributed by atoms with Gasteiger partial charge in [-0.2, -0.15) is 12.7 Å². The van der Waals surface area contributed by atoms with E-state index in [2.05, 4.69) is 10.0 Å². The van der Waals surface area contributed by atoms with Gasteiger partial charge in [-0.1, -0.05) is 12.1 Å². The van der Waals surface area contributed by atoms with Crippen molar-refractivity contribution < 1.29 is 8.42 Å². The van der Waals surface area contributed by atoms with E-state index in [4.69, 9.17) is 0 Å². The van der Waals surface area contributed by atoms with Crippen molar-refractivity contribution in [1.29, 1.82) is 0 Å². The van der Waals surface area contributed by atoms with Gasteiger partial charge in [-0.3, -0.25) is 4.72 Å². The molecule has 102 valence electrons. The van der Waals surface area contributed by atoms with Gasteiger partial charge in [0.25, 0.3) is 0 Å². The second kappa shape index (κ2) is 6.17. The molecular formula is C12H21N3O2S. The molecule has 0 bridgehead atoms. The van der Waals surface area contributed by atoms with Crippen LogP contribution in [-0.2, 0) is 16.8 Å². The molecule has 0 saturated carbocycles. The number of nitrogens with one attached hydrogen (secondary N) is 2. The Morgan fingerprint density at radius 3 is 2.56 bits per heavy atom. The Morgan fingerprint density at radius 2 is 2.00 bits per heavy atom. The van der Waals surface area contributed by atoms with E-state index in [0.717, 1.165) is 5.56 Å². The van der Waals surface area contributed by atoms with E-state index in [0.29, 0.717) is 12.2 Å². The van der Waals surface area contributed by atoms with E-state index in [1.54, 1.807) is 13.1 Å². The summed E-state index contributed by atoms with van der Waals surface area (Å²) in [6, 6.07) is 7.26. The minimum atomic E-state index is -3.48. The number of hydrogen-bond acceptors (Lipinski definition) is 3. The lowest BCUT2D eigenvalue weighted by Crippen LogP contribution is -2.37. The Kier molecular flexibility index (Phi) is 5.13. The fourth-order valence-electron chi connectivity index (χ4n) is 1.45. The molecule has 6 heteroatoms. The lowest BCUT2D eigenvalue weighted by molar-refractivity contribution is 0.414. The van der Waals surface area contributed by atoms with Crippen molar-refractivity contribution in [3.8, 4) is 0 Å². The van der Waals surface area contributed by atoms with E-state index >= 15 is 0 Å². The molecule has 0 spiro atoms. The van der Waals surface area contributed by atoms with E-state index in [9.17, 15) is 8.42 Å². The second-order valence-electron chi connectivity index (χ2n) is 4.45. The number of hydrogen-bond donors (Lipinski definition) is 2. The zero-order valence-corrected chi connectivity index (χ0v) is 12.1. The normalized spacial score (nSPS) is 12.1. The Bertz CT molecular complexity index is 486. The van der Waals surface area contributed by atoms with Crippen LogP contribution in [0.2, 0.25) is 0 Å². The predicted molar refractivity (Wildman–Crippen MR) is 74.6 cm³/mol. The first kappa shape index (κ1) is 14.9. The van der Waals surface area contributed by atoms with Crippen LogP contribution >= 0.6 is 0 Å². The summed E-state index contributed by atoms with van der Waals surface area (Å²) in [6.07, 6.45) is 0. The van der Waals surface area contributed by atoms with Gasteiger partial charge in [-0.15, -0.1) is 0 Å². The molecule has 0 radical (unpaired) electrons. The molecule has 1 aromatic carbocycles. The lowest BCUT2D eigenvalue weighted by atomic mass is 10.2.